The largest absolute Gasteiger partial charge is 0.487 e. The van der Waals surface area contributed by atoms with E-state index in [1.54, 1.807) is 49.3 Å². The van der Waals surface area contributed by atoms with Crippen molar-refractivity contribution in [2.45, 2.75) is 37.8 Å². The fourth-order valence-corrected chi connectivity index (χ4v) is 5.32. The van der Waals surface area contributed by atoms with Crippen LogP contribution in [0.5, 0.6) is 5.75 Å². The van der Waals surface area contributed by atoms with Crippen molar-refractivity contribution >= 4 is 15.9 Å². The molecule has 2 heterocycles. The highest BCUT2D eigenvalue weighted by atomic mass is 32.2. The van der Waals surface area contributed by atoms with Crippen molar-refractivity contribution in [2.24, 2.45) is 5.92 Å². The van der Waals surface area contributed by atoms with E-state index >= 15 is 0 Å². The highest BCUT2D eigenvalue weighted by molar-refractivity contribution is 7.89. The highest BCUT2D eigenvalue weighted by Crippen LogP contribution is 2.34. The summed E-state index contributed by atoms with van der Waals surface area (Å²) in [4.78, 5) is 17.6. The van der Waals surface area contributed by atoms with Crippen LogP contribution in [0.25, 0.3) is 0 Å². The molecule has 0 spiro atoms. The van der Waals surface area contributed by atoms with Crippen molar-refractivity contribution in [1.29, 1.82) is 0 Å². The lowest BCUT2D eigenvalue weighted by atomic mass is 10.0. The monoisotopic (exact) mass is 471 g/mol. The zero-order valence-electron chi connectivity index (χ0n) is 19.2. The third kappa shape index (κ3) is 5.71. The van der Waals surface area contributed by atoms with E-state index in [1.165, 1.54) is 17.3 Å². The maximum Gasteiger partial charge on any atom is 0.247 e. The number of carbonyl (C=O) groups excluding carboxylic acids is 1. The van der Waals surface area contributed by atoms with Gasteiger partial charge in [-0.3, -0.25) is 4.79 Å². The Morgan fingerprint density at radius 1 is 1.33 bits per heavy atom. The molecule has 1 aromatic heterocycles. The third-order valence-electron chi connectivity index (χ3n) is 5.66. The summed E-state index contributed by atoms with van der Waals surface area (Å²) in [5, 5.41) is 9.71. The number of hydrogen-bond donors (Lipinski definition) is 1. The lowest BCUT2D eigenvalue weighted by molar-refractivity contribution is -0.129. The lowest BCUT2D eigenvalue weighted by Gasteiger charge is -2.37. The number of sulfonamides is 1. The Hall–Kier alpha value is -2.93. The van der Waals surface area contributed by atoms with Gasteiger partial charge in [0.25, 0.3) is 0 Å². The van der Waals surface area contributed by atoms with Gasteiger partial charge >= 0.3 is 0 Å². The molecule has 33 heavy (non-hydrogen) atoms. The second-order valence-corrected chi connectivity index (χ2v) is 10.1. The normalized spacial score (nSPS) is 20.8. The predicted octanol–water partition coefficient (Wildman–Crippen LogP) is 1.73. The number of fused-ring (bicyclic) bond motifs is 1. The number of aromatic nitrogens is 1. The summed E-state index contributed by atoms with van der Waals surface area (Å²) < 4.78 is 34.5. The maximum atomic E-state index is 13.5. The topological polar surface area (TPSA) is 100 Å². The molecule has 1 amide bonds. The number of nitrogens with zero attached hydrogens (tertiary/aromatic N) is 3. The molecular formula is C24H29N3O5S. The van der Waals surface area contributed by atoms with E-state index < -0.39 is 22.2 Å². The van der Waals surface area contributed by atoms with Crippen molar-refractivity contribution < 1.29 is 23.1 Å². The first kappa shape index (κ1) is 24.7. The molecule has 1 N–H and O–H groups in total. The number of pyridine rings is 1. The highest BCUT2D eigenvalue weighted by Gasteiger charge is 2.38. The molecule has 1 aliphatic heterocycles. The molecule has 0 radical (unpaired) electrons. The molecule has 3 rings (SSSR count). The zero-order chi connectivity index (χ0) is 24.2. The Morgan fingerprint density at radius 2 is 2.09 bits per heavy atom. The molecule has 0 unspecified atom stereocenters. The van der Waals surface area contributed by atoms with E-state index in [9.17, 15) is 18.3 Å². The van der Waals surface area contributed by atoms with Crippen LogP contribution in [0.3, 0.4) is 0 Å². The van der Waals surface area contributed by atoms with Crippen LogP contribution in [0.1, 0.15) is 32.0 Å². The first-order valence-corrected chi connectivity index (χ1v) is 12.2. The van der Waals surface area contributed by atoms with Gasteiger partial charge in [0.2, 0.25) is 15.9 Å². The molecule has 0 saturated heterocycles. The van der Waals surface area contributed by atoms with E-state index in [-0.39, 0.29) is 35.6 Å². The van der Waals surface area contributed by atoms with Gasteiger partial charge in [0, 0.05) is 44.2 Å². The molecule has 0 saturated carbocycles. The van der Waals surface area contributed by atoms with Crippen molar-refractivity contribution in [1.82, 2.24) is 14.2 Å². The second-order valence-electron chi connectivity index (χ2n) is 8.27. The number of aliphatic hydroxyl groups excluding tert-OH is 1. The number of rotatable bonds is 4. The smallest absolute Gasteiger partial charge is 0.247 e. The Labute approximate surface area is 195 Å². The maximum absolute atomic E-state index is 13.5. The molecule has 0 fully saturated rings. The summed E-state index contributed by atoms with van der Waals surface area (Å²) in [6.07, 6.45) is 1.19. The number of hydrogen-bond acceptors (Lipinski definition) is 6. The summed E-state index contributed by atoms with van der Waals surface area (Å²) >= 11 is 0. The molecule has 1 aromatic carbocycles. The Bertz CT molecular complexity index is 1160. The summed E-state index contributed by atoms with van der Waals surface area (Å²) in [6.45, 7) is 5.14. The quantitative estimate of drug-likeness (QED) is 0.682. The lowest BCUT2D eigenvalue weighted by Crippen LogP contribution is -2.50. The fraction of sp³-hybridized carbons (Fsp3) is 0.417. The number of likely N-dealkylation sites (N-methyl/N-ethyl adjacent to an activating group) is 1. The van der Waals surface area contributed by atoms with Gasteiger partial charge in [-0.1, -0.05) is 18.9 Å². The zero-order valence-corrected chi connectivity index (χ0v) is 20.0. The first-order valence-electron chi connectivity index (χ1n) is 10.7. The second kappa shape index (κ2) is 10.3. The third-order valence-corrected chi connectivity index (χ3v) is 7.68. The van der Waals surface area contributed by atoms with Gasteiger partial charge < -0.3 is 14.7 Å². The molecule has 176 valence electrons. The van der Waals surface area contributed by atoms with Crippen LogP contribution in [0.4, 0.5) is 0 Å². The summed E-state index contributed by atoms with van der Waals surface area (Å²) in [7, 11) is -2.25. The minimum atomic E-state index is -3.93. The van der Waals surface area contributed by atoms with E-state index in [4.69, 9.17) is 4.74 Å². The number of carbonyl (C=O) groups is 1. The number of ether oxygens (including phenoxy) is 1. The minimum Gasteiger partial charge on any atom is -0.487 e. The Morgan fingerprint density at radius 3 is 2.73 bits per heavy atom. The molecule has 3 atom stereocenters. The van der Waals surface area contributed by atoms with E-state index in [2.05, 4.69) is 16.8 Å². The van der Waals surface area contributed by atoms with Gasteiger partial charge in [-0.05, 0) is 43.2 Å². The van der Waals surface area contributed by atoms with Crippen molar-refractivity contribution in [2.75, 3.05) is 26.7 Å². The molecule has 1 aliphatic rings. The van der Waals surface area contributed by atoms with Gasteiger partial charge in [-0.2, -0.15) is 4.31 Å². The summed E-state index contributed by atoms with van der Waals surface area (Å²) in [6, 6.07) is 9.51. The number of benzene rings is 1. The summed E-state index contributed by atoms with van der Waals surface area (Å²) in [5.74, 6) is 5.77. The molecule has 0 aliphatic carbocycles. The average Bonchev–Trinajstić information content (AvgIpc) is 2.79. The Kier molecular flexibility index (Phi) is 7.74. The van der Waals surface area contributed by atoms with Crippen LogP contribution in [0, 0.1) is 17.8 Å². The van der Waals surface area contributed by atoms with Gasteiger partial charge in [0.05, 0.1) is 13.2 Å². The van der Waals surface area contributed by atoms with Crippen LogP contribution in [-0.2, 0) is 14.8 Å². The average molecular weight is 472 g/mol. The van der Waals surface area contributed by atoms with Gasteiger partial charge in [-0.15, -0.1) is 0 Å². The van der Waals surface area contributed by atoms with Crippen molar-refractivity contribution in [3.63, 3.8) is 0 Å². The van der Waals surface area contributed by atoms with Crippen LogP contribution in [-0.4, -0.2) is 72.5 Å². The molecule has 0 bridgehead atoms. The molecular weight excluding hydrogens is 442 g/mol. The van der Waals surface area contributed by atoms with Crippen molar-refractivity contribution in [3.05, 3.63) is 53.9 Å². The van der Waals surface area contributed by atoms with E-state index in [0.717, 1.165) is 0 Å². The van der Waals surface area contributed by atoms with Crippen LogP contribution < -0.4 is 4.74 Å². The molecule has 9 heteroatoms. The van der Waals surface area contributed by atoms with E-state index in [1.807, 2.05) is 13.0 Å². The Balaban J connectivity index is 2.08. The van der Waals surface area contributed by atoms with Crippen LogP contribution >= 0.6 is 0 Å². The minimum absolute atomic E-state index is 0.00793. The first-order chi connectivity index (χ1) is 15.6. The van der Waals surface area contributed by atoms with Crippen LogP contribution in [0.2, 0.25) is 0 Å². The van der Waals surface area contributed by atoms with E-state index in [0.29, 0.717) is 17.8 Å². The van der Waals surface area contributed by atoms with Gasteiger partial charge in [0.1, 0.15) is 22.4 Å². The fourth-order valence-electron chi connectivity index (χ4n) is 3.49. The summed E-state index contributed by atoms with van der Waals surface area (Å²) in [5.41, 5.74) is 1.17. The van der Waals surface area contributed by atoms with Gasteiger partial charge in [0.15, 0.2) is 0 Å². The standard InChI is InChI=1S/C24H29N3O5S/c1-17-14-27(18(2)16-28)33(30,31)24-11-9-20(8-10-21-7-5-6-12-25-21)13-22(24)32-23(17)15-26(4)19(3)29/h5-7,9,11-13,17-18,23,28H,14-16H2,1-4H3/t17-,18-,23-/m1/s1. The molecule has 8 nitrogen and oxygen atoms in total. The number of amides is 1. The predicted molar refractivity (Wildman–Crippen MR) is 124 cm³/mol. The SMILES string of the molecule is CC(=O)N(C)C[C@H]1Oc2cc(C#Cc3ccccn3)ccc2S(=O)(=O)N([C@H](C)CO)C[C@H]1C. The van der Waals surface area contributed by atoms with Crippen molar-refractivity contribution in [3.8, 4) is 17.6 Å². The van der Waals surface area contributed by atoms with Gasteiger partial charge in [-0.25, -0.2) is 13.4 Å². The van der Waals surface area contributed by atoms with Crippen LogP contribution in [0.15, 0.2) is 47.5 Å². The molecule has 2 aromatic rings. The number of aliphatic hydroxyl groups is 1.